The van der Waals surface area contributed by atoms with Crippen LogP contribution in [0.3, 0.4) is 0 Å². The van der Waals surface area contributed by atoms with Crippen LogP contribution in [0.5, 0.6) is 0 Å². The van der Waals surface area contributed by atoms with Gasteiger partial charge in [0, 0.05) is 12.6 Å². The zero-order chi connectivity index (χ0) is 13.3. The van der Waals surface area contributed by atoms with Crippen LogP contribution in [-0.4, -0.2) is 48.9 Å². The summed E-state index contributed by atoms with van der Waals surface area (Å²) in [4.78, 5) is 24.7. The van der Waals surface area contributed by atoms with Gasteiger partial charge in [-0.1, -0.05) is 5.92 Å². The zero-order valence-electron chi connectivity index (χ0n) is 10.7. The Bertz CT molecular complexity index is 295. The van der Waals surface area contributed by atoms with E-state index in [1.54, 1.807) is 0 Å². The molecule has 96 valence electrons. The maximum absolute atomic E-state index is 11.7. The molecule has 5 nitrogen and oxygen atoms in total. The number of nitrogens with one attached hydrogen (secondary N) is 2. The number of nitrogens with zero attached hydrogens (tertiary/aromatic N) is 1. The summed E-state index contributed by atoms with van der Waals surface area (Å²) < 4.78 is 0. The number of carbonyl (C=O) groups is 2. The second-order valence-corrected chi connectivity index (χ2v) is 3.94. The van der Waals surface area contributed by atoms with Crippen LogP contribution in [-0.2, 0) is 9.59 Å². The fourth-order valence-electron chi connectivity index (χ4n) is 1.27. The number of hydrogen-bond donors (Lipinski definition) is 2. The third-order valence-electron chi connectivity index (χ3n) is 2.02. The highest BCUT2D eigenvalue weighted by Gasteiger charge is 2.15. The first-order valence-corrected chi connectivity index (χ1v) is 5.72. The number of amides is 2. The molecule has 2 amide bonds. The first kappa shape index (κ1) is 15.5. The Labute approximate surface area is 103 Å². The molecule has 0 aliphatic heterocycles. The Morgan fingerprint density at radius 3 is 2.53 bits per heavy atom. The molecule has 0 bridgehead atoms. The molecule has 0 aromatic heterocycles. The number of terminal acetylenes is 1. The summed E-state index contributed by atoms with van der Waals surface area (Å²) in [5.41, 5.74) is 0. The SMILES string of the molecule is C#CCNCC(=O)N(CC)CC(=O)NC(C)C. The van der Waals surface area contributed by atoms with Crippen molar-refractivity contribution in [2.75, 3.05) is 26.2 Å². The van der Waals surface area contributed by atoms with Crippen molar-refractivity contribution in [2.45, 2.75) is 26.8 Å². The molecule has 17 heavy (non-hydrogen) atoms. The Kier molecular flexibility index (Phi) is 7.82. The minimum atomic E-state index is -0.146. The summed E-state index contributed by atoms with van der Waals surface area (Å²) in [6, 6.07) is 0.0795. The van der Waals surface area contributed by atoms with Crippen LogP contribution in [0.1, 0.15) is 20.8 Å². The molecule has 5 heteroatoms. The van der Waals surface area contributed by atoms with E-state index in [0.717, 1.165) is 0 Å². The topological polar surface area (TPSA) is 61.4 Å². The van der Waals surface area contributed by atoms with E-state index in [9.17, 15) is 9.59 Å². The lowest BCUT2D eigenvalue weighted by molar-refractivity contribution is -0.135. The number of rotatable bonds is 7. The van der Waals surface area contributed by atoms with E-state index in [4.69, 9.17) is 6.42 Å². The Hall–Kier alpha value is -1.54. The van der Waals surface area contributed by atoms with Gasteiger partial charge in [0.25, 0.3) is 0 Å². The van der Waals surface area contributed by atoms with Crippen molar-refractivity contribution in [1.82, 2.24) is 15.5 Å². The minimum Gasteiger partial charge on any atom is -0.352 e. The number of carbonyl (C=O) groups excluding carboxylic acids is 2. The average molecular weight is 239 g/mol. The molecule has 0 spiro atoms. The van der Waals surface area contributed by atoms with E-state index >= 15 is 0 Å². The lowest BCUT2D eigenvalue weighted by Gasteiger charge is -2.21. The summed E-state index contributed by atoms with van der Waals surface area (Å²) in [5, 5.41) is 5.55. The highest BCUT2D eigenvalue weighted by atomic mass is 16.2. The Balaban J connectivity index is 4.09. The second-order valence-electron chi connectivity index (χ2n) is 3.94. The third kappa shape index (κ3) is 7.36. The number of hydrogen-bond acceptors (Lipinski definition) is 3. The maximum Gasteiger partial charge on any atom is 0.239 e. The number of likely N-dealkylation sites (N-methyl/N-ethyl adjacent to an activating group) is 1. The van der Waals surface area contributed by atoms with Crippen LogP contribution in [0.15, 0.2) is 0 Å². The van der Waals surface area contributed by atoms with E-state index in [2.05, 4.69) is 16.6 Å². The molecule has 2 N–H and O–H groups in total. The van der Waals surface area contributed by atoms with Crippen molar-refractivity contribution in [3.05, 3.63) is 0 Å². The van der Waals surface area contributed by atoms with E-state index < -0.39 is 0 Å². The molecule has 0 rings (SSSR count). The molecule has 0 atom stereocenters. The van der Waals surface area contributed by atoms with Gasteiger partial charge < -0.3 is 10.2 Å². The van der Waals surface area contributed by atoms with Crippen molar-refractivity contribution in [2.24, 2.45) is 0 Å². The van der Waals surface area contributed by atoms with E-state index in [1.165, 1.54) is 4.90 Å². The molecule has 0 aromatic rings. The predicted octanol–water partition coefficient (Wildman–Crippen LogP) is -0.418. The molecule has 0 radical (unpaired) electrons. The molecule has 0 aromatic carbocycles. The quantitative estimate of drug-likeness (QED) is 0.469. The van der Waals surface area contributed by atoms with Crippen LogP contribution in [0, 0.1) is 12.3 Å². The van der Waals surface area contributed by atoms with Gasteiger partial charge in [0.2, 0.25) is 11.8 Å². The van der Waals surface area contributed by atoms with Crippen LogP contribution in [0.2, 0.25) is 0 Å². The Morgan fingerprint density at radius 1 is 1.41 bits per heavy atom. The van der Waals surface area contributed by atoms with Gasteiger partial charge in [-0.2, -0.15) is 0 Å². The largest absolute Gasteiger partial charge is 0.352 e. The monoisotopic (exact) mass is 239 g/mol. The van der Waals surface area contributed by atoms with Crippen LogP contribution in [0.4, 0.5) is 0 Å². The normalized spacial score (nSPS) is 9.82. The maximum atomic E-state index is 11.7. The molecule has 0 aliphatic carbocycles. The van der Waals surface area contributed by atoms with Crippen molar-refractivity contribution in [3.8, 4) is 12.3 Å². The van der Waals surface area contributed by atoms with Crippen molar-refractivity contribution in [3.63, 3.8) is 0 Å². The van der Waals surface area contributed by atoms with Gasteiger partial charge in [0.1, 0.15) is 0 Å². The van der Waals surface area contributed by atoms with Crippen LogP contribution >= 0.6 is 0 Å². The van der Waals surface area contributed by atoms with Gasteiger partial charge in [-0.15, -0.1) is 6.42 Å². The minimum absolute atomic E-state index is 0.0795. The molecular formula is C12H21N3O2. The highest BCUT2D eigenvalue weighted by Crippen LogP contribution is 1.90. The average Bonchev–Trinajstić information content (AvgIpc) is 2.25. The highest BCUT2D eigenvalue weighted by molar-refractivity contribution is 5.85. The Morgan fingerprint density at radius 2 is 2.06 bits per heavy atom. The summed E-state index contributed by atoms with van der Waals surface area (Å²) in [5.74, 6) is 2.12. The van der Waals surface area contributed by atoms with Crippen molar-refractivity contribution in [1.29, 1.82) is 0 Å². The van der Waals surface area contributed by atoms with Crippen LogP contribution in [0.25, 0.3) is 0 Å². The lowest BCUT2D eigenvalue weighted by atomic mass is 10.3. The van der Waals surface area contributed by atoms with Gasteiger partial charge in [-0.3, -0.25) is 14.9 Å². The summed E-state index contributed by atoms with van der Waals surface area (Å²) in [6.45, 7) is 6.69. The molecule has 0 unspecified atom stereocenters. The molecule has 0 saturated carbocycles. The lowest BCUT2D eigenvalue weighted by Crippen LogP contribution is -2.45. The van der Waals surface area contributed by atoms with E-state index in [0.29, 0.717) is 13.1 Å². The first-order chi connectivity index (χ1) is 8.01. The fraction of sp³-hybridized carbons (Fsp3) is 0.667. The van der Waals surface area contributed by atoms with Gasteiger partial charge >= 0.3 is 0 Å². The second kappa shape index (κ2) is 8.59. The zero-order valence-corrected chi connectivity index (χ0v) is 10.7. The van der Waals surface area contributed by atoms with Gasteiger partial charge in [0.05, 0.1) is 19.6 Å². The fourth-order valence-corrected chi connectivity index (χ4v) is 1.27. The third-order valence-corrected chi connectivity index (χ3v) is 2.02. The van der Waals surface area contributed by atoms with E-state index in [1.807, 2.05) is 20.8 Å². The molecule has 0 heterocycles. The van der Waals surface area contributed by atoms with Gasteiger partial charge in [0.15, 0.2) is 0 Å². The molecule has 0 saturated heterocycles. The van der Waals surface area contributed by atoms with Crippen molar-refractivity contribution >= 4 is 11.8 Å². The molecule has 0 aliphatic rings. The summed E-state index contributed by atoms with van der Waals surface area (Å²) in [6.07, 6.45) is 5.06. The van der Waals surface area contributed by atoms with Crippen molar-refractivity contribution < 1.29 is 9.59 Å². The predicted molar refractivity (Wildman–Crippen MR) is 67.2 cm³/mol. The summed E-state index contributed by atoms with van der Waals surface area (Å²) >= 11 is 0. The standard InChI is InChI=1S/C12H21N3O2/c1-5-7-13-8-12(17)15(6-2)9-11(16)14-10(3)4/h1,10,13H,6-9H2,2-4H3,(H,14,16). The van der Waals surface area contributed by atoms with E-state index in [-0.39, 0.29) is 30.9 Å². The van der Waals surface area contributed by atoms with Crippen LogP contribution < -0.4 is 10.6 Å². The first-order valence-electron chi connectivity index (χ1n) is 5.72. The van der Waals surface area contributed by atoms with Gasteiger partial charge in [-0.05, 0) is 20.8 Å². The smallest absolute Gasteiger partial charge is 0.239 e. The van der Waals surface area contributed by atoms with Gasteiger partial charge in [-0.25, -0.2) is 0 Å². The molecular weight excluding hydrogens is 218 g/mol. The molecule has 0 fully saturated rings. The summed E-state index contributed by atoms with van der Waals surface area (Å²) in [7, 11) is 0.